The van der Waals surface area contributed by atoms with Crippen LogP contribution in [0.25, 0.3) is 33.3 Å². The van der Waals surface area contributed by atoms with Gasteiger partial charge in [0.15, 0.2) is 5.65 Å². The van der Waals surface area contributed by atoms with E-state index < -0.39 is 17.8 Å². The number of β-amino-alcohol motifs (C(OH)–C–C–N with tert-alkyl or cyclic N) is 1. The fraction of sp³-hybridized carbons (Fsp3) is 0.345. The molecule has 0 saturated carbocycles. The zero-order valence-electron chi connectivity index (χ0n) is 22.8. The summed E-state index contributed by atoms with van der Waals surface area (Å²) < 4.78 is 45.4. The first-order valence-corrected chi connectivity index (χ1v) is 14.0. The summed E-state index contributed by atoms with van der Waals surface area (Å²) in [5, 5.41) is 10.3. The molecule has 5 aromatic rings. The molecule has 2 saturated heterocycles. The number of alkyl halides is 3. The van der Waals surface area contributed by atoms with E-state index in [0.717, 1.165) is 6.07 Å². The van der Waals surface area contributed by atoms with Crippen LogP contribution in [0.2, 0.25) is 0 Å². The van der Waals surface area contributed by atoms with Crippen molar-refractivity contribution in [1.29, 1.82) is 0 Å². The lowest BCUT2D eigenvalue weighted by atomic mass is 9.99. The summed E-state index contributed by atoms with van der Waals surface area (Å²) in [5.74, 6) is 0.200. The number of pyridine rings is 1. The number of fused-ring (bicyclic) bond motifs is 2. The van der Waals surface area contributed by atoms with Crippen LogP contribution in [0.5, 0.6) is 0 Å². The van der Waals surface area contributed by atoms with Gasteiger partial charge in [-0.15, -0.1) is 0 Å². The Morgan fingerprint density at radius 2 is 1.79 bits per heavy atom. The smallest absolute Gasteiger partial charge is 0.389 e. The van der Waals surface area contributed by atoms with Gasteiger partial charge in [0.2, 0.25) is 5.91 Å². The van der Waals surface area contributed by atoms with Crippen LogP contribution in [-0.2, 0) is 17.5 Å². The average Bonchev–Trinajstić information content (AvgIpc) is 3.52. The highest BCUT2D eigenvalue weighted by atomic mass is 19.4. The molecule has 0 unspecified atom stereocenters. The van der Waals surface area contributed by atoms with E-state index in [1.54, 1.807) is 31.2 Å². The molecule has 6 heterocycles. The van der Waals surface area contributed by atoms with Crippen molar-refractivity contribution < 1.29 is 23.1 Å². The molecular weight excluding hydrogens is 565 g/mol. The lowest BCUT2D eigenvalue weighted by Gasteiger charge is -2.37. The largest absolute Gasteiger partial charge is 0.417 e. The SMILES string of the molecule is O=C(Cn1cc(-c2ccccc2C(F)(F)F)c2c(N3CC(O)C3)ncnc21)N1CCC(n2c(=O)[nH]c3ncccc32)CC1. The number of hydrogen-bond donors (Lipinski definition) is 2. The summed E-state index contributed by atoms with van der Waals surface area (Å²) in [5.41, 5.74) is 0.745. The molecule has 0 radical (unpaired) electrons. The Kier molecular flexibility index (Phi) is 6.45. The number of imidazole rings is 1. The third kappa shape index (κ3) is 4.71. The molecule has 4 aromatic heterocycles. The fourth-order valence-corrected chi connectivity index (χ4v) is 6.21. The Morgan fingerprint density at radius 3 is 2.53 bits per heavy atom. The van der Waals surface area contributed by atoms with Crippen LogP contribution in [0.15, 0.2) is 59.9 Å². The first kappa shape index (κ1) is 27.1. The molecule has 2 N–H and O–H groups in total. The number of carbonyl (C=O) groups excluding carboxylic acids is 1. The van der Waals surface area contributed by atoms with Crippen molar-refractivity contribution in [3.63, 3.8) is 0 Å². The van der Waals surface area contributed by atoms with Crippen LogP contribution in [0.3, 0.4) is 0 Å². The molecule has 222 valence electrons. The molecule has 0 bridgehead atoms. The van der Waals surface area contributed by atoms with E-state index in [0.29, 0.717) is 67.0 Å². The first-order valence-electron chi connectivity index (χ1n) is 14.0. The molecule has 2 fully saturated rings. The number of anilines is 1. The maximum atomic E-state index is 14.1. The second-order valence-electron chi connectivity index (χ2n) is 11.0. The van der Waals surface area contributed by atoms with Gasteiger partial charge in [0, 0.05) is 50.2 Å². The zero-order valence-corrected chi connectivity index (χ0v) is 22.8. The van der Waals surface area contributed by atoms with E-state index in [2.05, 4.69) is 19.9 Å². The fourth-order valence-electron chi connectivity index (χ4n) is 6.21. The Morgan fingerprint density at radius 1 is 1.02 bits per heavy atom. The van der Waals surface area contributed by atoms with E-state index in [4.69, 9.17) is 0 Å². The van der Waals surface area contributed by atoms with Crippen molar-refractivity contribution in [3.8, 4) is 11.1 Å². The van der Waals surface area contributed by atoms with E-state index in [1.807, 2.05) is 6.07 Å². The zero-order chi connectivity index (χ0) is 29.9. The highest BCUT2D eigenvalue weighted by Crippen LogP contribution is 2.42. The van der Waals surface area contributed by atoms with Crippen LogP contribution >= 0.6 is 0 Å². The van der Waals surface area contributed by atoms with Gasteiger partial charge in [-0.05, 0) is 36.6 Å². The van der Waals surface area contributed by atoms with Gasteiger partial charge >= 0.3 is 11.9 Å². The molecule has 43 heavy (non-hydrogen) atoms. The van der Waals surface area contributed by atoms with Crippen molar-refractivity contribution >= 4 is 33.9 Å². The Hall–Kier alpha value is -4.72. The number of nitrogens with one attached hydrogen (secondary N) is 1. The molecule has 0 spiro atoms. The molecular formula is C29H27F3N8O3. The minimum atomic E-state index is -4.60. The number of nitrogens with zero attached hydrogens (tertiary/aromatic N) is 7. The lowest BCUT2D eigenvalue weighted by molar-refractivity contribution is -0.137. The number of likely N-dealkylation sites (tertiary alicyclic amines) is 1. The summed E-state index contributed by atoms with van der Waals surface area (Å²) >= 11 is 0. The predicted molar refractivity (Wildman–Crippen MR) is 151 cm³/mol. The van der Waals surface area contributed by atoms with Crippen LogP contribution in [0, 0.1) is 0 Å². The first-order chi connectivity index (χ1) is 20.7. The molecule has 2 aliphatic rings. The highest BCUT2D eigenvalue weighted by molar-refractivity contribution is 6.03. The molecule has 1 amide bonds. The van der Waals surface area contributed by atoms with Crippen molar-refractivity contribution in [2.75, 3.05) is 31.1 Å². The van der Waals surface area contributed by atoms with Crippen LogP contribution < -0.4 is 10.6 Å². The van der Waals surface area contributed by atoms with Gasteiger partial charge in [-0.2, -0.15) is 13.2 Å². The number of aromatic amines is 1. The highest BCUT2D eigenvalue weighted by Gasteiger charge is 2.36. The molecule has 7 rings (SSSR count). The van der Waals surface area contributed by atoms with Crippen molar-refractivity contribution in [3.05, 3.63) is 71.2 Å². The van der Waals surface area contributed by atoms with E-state index in [9.17, 15) is 27.9 Å². The number of rotatable bonds is 5. The number of H-pyrrole nitrogens is 1. The number of benzene rings is 1. The number of halogens is 3. The molecule has 14 heteroatoms. The van der Waals surface area contributed by atoms with Crippen molar-refractivity contribution in [2.45, 2.75) is 37.7 Å². The second-order valence-corrected chi connectivity index (χ2v) is 11.0. The predicted octanol–water partition coefficient (Wildman–Crippen LogP) is 3.20. The summed E-state index contributed by atoms with van der Waals surface area (Å²) in [6.45, 7) is 1.28. The number of carbonyl (C=O) groups is 1. The number of piperidine rings is 1. The summed E-state index contributed by atoms with van der Waals surface area (Å²) in [6, 6.07) is 8.80. The minimum absolute atomic E-state index is 0.0391. The molecule has 11 nitrogen and oxygen atoms in total. The average molecular weight is 593 g/mol. The Bertz CT molecular complexity index is 1900. The lowest BCUT2D eigenvalue weighted by Crippen LogP contribution is -2.51. The van der Waals surface area contributed by atoms with Crippen molar-refractivity contribution in [2.24, 2.45) is 0 Å². The maximum Gasteiger partial charge on any atom is 0.417 e. The van der Waals surface area contributed by atoms with Crippen LogP contribution in [0.4, 0.5) is 19.0 Å². The molecule has 0 aliphatic carbocycles. The summed E-state index contributed by atoms with van der Waals surface area (Å²) in [7, 11) is 0. The number of aliphatic hydroxyl groups excluding tert-OH is 1. The van der Waals surface area contributed by atoms with Gasteiger partial charge < -0.3 is 19.5 Å². The number of hydrogen-bond acceptors (Lipinski definition) is 7. The second kappa shape index (κ2) is 10.2. The third-order valence-corrected chi connectivity index (χ3v) is 8.30. The standard InChI is InChI=1S/C29H27F3N8O3/c30-29(31,32)21-5-2-1-4-19(21)20-14-39(27-24(20)26(34-16-35-27)38-12-18(41)13-38)15-23(42)37-10-7-17(8-11-37)40-22-6-3-9-33-25(22)36-28(40)43/h1-6,9,14,16-18,41H,7-8,10-13,15H2,(H,33,36,43). The minimum Gasteiger partial charge on any atom is -0.389 e. The monoisotopic (exact) mass is 592 g/mol. The molecule has 2 aliphatic heterocycles. The van der Waals surface area contributed by atoms with Gasteiger partial charge in [0.05, 0.1) is 22.6 Å². The number of aliphatic hydroxyl groups is 1. The summed E-state index contributed by atoms with van der Waals surface area (Å²) in [6.07, 6.45) is 0.439. The van der Waals surface area contributed by atoms with E-state index in [-0.39, 0.29) is 35.3 Å². The van der Waals surface area contributed by atoms with E-state index in [1.165, 1.54) is 30.7 Å². The maximum absolute atomic E-state index is 14.1. The third-order valence-electron chi connectivity index (χ3n) is 8.30. The molecule has 1 aromatic carbocycles. The Labute approximate surface area is 242 Å². The van der Waals surface area contributed by atoms with Gasteiger partial charge in [0.1, 0.15) is 24.3 Å². The van der Waals surface area contributed by atoms with Gasteiger partial charge in [0.25, 0.3) is 0 Å². The number of amides is 1. The molecule has 0 atom stereocenters. The van der Waals surface area contributed by atoms with Crippen LogP contribution in [-0.4, -0.2) is 77.3 Å². The Balaban J connectivity index is 1.19. The quantitative estimate of drug-likeness (QED) is 0.321. The normalized spacial score (nSPS) is 16.7. The van der Waals surface area contributed by atoms with E-state index >= 15 is 0 Å². The topological polar surface area (TPSA) is 125 Å². The van der Waals surface area contributed by atoms with Crippen LogP contribution in [0.1, 0.15) is 24.4 Å². The van der Waals surface area contributed by atoms with Gasteiger partial charge in [-0.3, -0.25) is 14.3 Å². The van der Waals surface area contributed by atoms with Crippen molar-refractivity contribution in [1.82, 2.24) is 34.0 Å². The van der Waals surface area contributed by atoms with Gasteiger partial charge in [-0.1, -0.05) is 18.2 Å². The number of aromatic nitrogens is 6. The summed E-state index contributed by atoms with van der Waals surface area (Å²) in [4.78, 5) is 45.4. The van der Waals surface area contributed by atoms with Gasteiger partial charge in [-0.25, -0.2) is 19.7 Å².